The number of benzene rings is 1. The first-order chi connectivity index (χ1) is 8.81. The van der Waals surface area contributed by atoms with E-state index in [1.165, 1.54) is 0 Å². The molecule has 0 aliphatic rings. The van der Waals surface area contributed by atoms with Crippen molar-refractivity contribution in [2.45, 2.75) is 46.0 Å². The van der Waals surface area contributed by atoms with Gasteiger partial charge in [-0.3, -0.25) is 0 Å². The van der Waals surface area contributed by atoms with Gasteiger partial charge < -0.3 is 9.47 Å². The van der Waals surface area contributed by atoms with E-state index in [1.807, 2.05) is 12.1 Å². The third-order valence-electron chi connectivity index (χ3n) is 2.83. The molecule has 0 saturated heterocycles. The number of unbranched alkanes of at least 4 members (excludes halogenated alkanes) is 2. The van der Waals surface area contributed by atoms with E-state index in [4.69, 9.17) is 9.47 Å². The minimum Gasteiger partial charge on any atom is -0.493 e. The van der Waals surface area contributed by atoms with Crippen LogP contribution in [0.15, 0.2) is 18.2 Å². The second kappa shape index (κ2) is 8.84. The molecule has 0 heterocycles. The summed E-state index contributed by atoms with van der Waals surface area (Å²) in [5.41, 5.74) is 1.15. The highest BCUT2D eigenvalue weighted by Gasteiger charge is 2.04. The van der Waals surface area contributed by atoms with Gasteiger partial charge in [-0.05, 0) is 37.8 Å². The van der Waals surface area contributed by atoms with E-state index in [9.17, 15) is 0 Å². The Morgan fingerprint density at radius 1 is 1.00 bits per heavy atom. The van der Waals surface area contributed by atoms with Gasteiger partial charge in [0.05, 0.1) is 13.2 Å². The fourth-order valence-corrected chi connectivity index (χ4v) is 1.63. The van der Waals surface area contributed by atoms with Crippen LogP contribution in [0.25, 0.3) is 0 Å². The lowest BCUT2D eigenvalue weighted by Crippen LogP contribution is -2.01. The van der Waals surface area contributed by atoms with E-state index in [-0.39, 0.29) is 0 Å². The Hall–Kier alpha value is -1.18. The van der Waals surface area contributed by atoms with Crippen LogP contribution in [0, 0.1) is 6.92 Å². The van der Waals surface area contributed by atoms with E-state index in [0.29, 0.717) is 0 Å². The van der Waals surface area contributed by atoms with Gasteiger partial charge >= 0.3 is 0 Å². The normalized spacial score (nSPS) is 10.4. The SMILES string of the molecule is [CH2]Cc1ccc(OCCCC)cc1OCCCC. The van der Waals surface area contributed by atoms with E-state index in [2.05, 4.69) is 26.8 Å². The molecule has 0 aromatic heterocycles. The van der Waals surface area contributed by atoms with Crippen molar-refractivity contribution in [2.24, 2.45) is 0 Å². The maximum atomic E-state index is 5.80. The van der Waals surface area contributed by atoms with Crippen molar-refractivity contribution in [3.8, 4) is 11.5 Å². The van der Waals surface area contributed by atoms with Crippen molar-refractivity contribution in [1.29, 1.82) is 0 Å². The Labute approximate surface area is 111 Å². The lowest BCUT2D eigenvalue weighted by Gasteiger charge is -2.12. The largest absolute Gasteiger partial charge is 0.493 e. The minimum atomic E-state index is 0.747. The van der Waals surface area contributed by atoms with Gasteiger partial charge in [0.25, 0.3) is 0 Å². The molecular weight excluding hydrogens is 224 g/mol. The van der Waals surface area contributed by atoms with Crippen molar-refractivity contribution < 1.29 is 9.47 Å². The molecule has 1 radical (unpaired) electrons. The molecule has 101 valence electrons. The molecule has 0 unspecified atom stereocenters. The van der Waals surface area contributed by atoms with Crippen molar-refractivity contribution >= 4 is 0 Å². The Morgan fingerprint density at radius 2 is 1.67 bits per heavy atom. The van der Waals surface area contributed by atoms with Gasteiger partial charge in [-0.15, -0.1) is 0 Å². The van der Waals surface area contributed by atoms with E-state index < -0.39 is 0 Å². The molecule has 1 aromatic carbocycles. The van der Waals surface area contributed by atoms with Crippen LogP contribution in [0.1, 0.15) is 45.1 Å². The number of rotatable bonds is 9. The highest BCUT2D eigenvalue weighted by molar-refractivity contribution is 5.41. The number of hydrogen-bond donors (Lipinski definition) is 0. The van der Waals surface area contributed by atoms with Crippen molar-refractivity contribution in [2.75, 3.05) is 13.2 Å². The van der Waals surface area contributed by atoms with Gasteiger partial charge in [0.1, 0.15) is 11.5 Å². The summed E-state index contributed by atoms with van der Waals surface area (Å²) in [5.74, 6) is 1.82. The first kappa shape index (κ1) is 14.9. The summed E-state index contributed by atoms with van der Waals surface area (Å²) in [6.45, 7) is 9.79. The zero-order chi connectivity index (χ0) is 13.2. The molecule has 2 heteroatoms. The number of ether oxygens (including phenoxy) is 2. The molecule has 0 fully saturated rings. The topological polar surface area (TPSA) is 18.5 Å². The molecule has 2 nitrogen and oxygen atoms in total. The minimum absolute atomic E-state index is 0.747. The molecule has 0 amide bonds. The van der Waals surface area contributed by atoms with Crippen LogP contribution in [0.3, 0.4) is 0 Å². The van der Waals surface area contributed by atoms with Crippen LogP contribution in [-0.4, -0.2) is 13.2 Å². The van der Waals surface area contributed by atoms with Gasteiger partial charge in [0, 0.05) is 6.07 Å². The van der Waals surface area contributed by atoms with Crippen molar-refractivity contribution in [1.82, 2.24) is 0 Å². The molecular formula is C16H25O2. The van der Waals surface area contributed by atoms with Crippen LogP contribution in [0.2, 0.25) is 0 Å². The van der Waals surface area contributed by atoms with Crippen LogP contribution in [0.4, 0.5) is 0 Å². The second-order valence-electron chi connectivity index (χ2n) is 4.42. The molecule has 0 spiro atoms. The quantitative estimate of drug-likeness (QED) is 0.603. The summed E-state index contributed by atoms with van der Waals surface area (Å²) in [6.07, 6.45) is 5.21. The van der Waals surface area contributed by atoms with Crippen molar-refractivity contribution in [3.05, 3.63) is 30.7 Å². The van der Waals surface area contributed by atoms with Gasteiger partial charge in [-0.2, -0.15) is 0 Å². The Balaban J connectivity index is 2.62. The summed E-state index contributed by atoms with van der Waals surface area (Å²) in [7, 11) is 0. The third-order valence-corrected chi connectivity index (χ3v) is 2.83. The summed E-state index contributed by atoms with van der Waals surface area (Å²) < 4.78 is 11.5. The first-order valence-electron chi connectivity index (χ1n) is 6.99. The number of hydrogen-bond acceptors (Lipinski definition) is 2. The van der Waals surface area contributed by atoms with Gasteiger partial charge in [-0.1, -0.05) is 32.8 Å². The van der Waals surface area contributed by atoms with Crippen LogP contribution in [-0.2, 0) is 6.42 Å². The van der Waals surface area contributed by atoms with E-state index >= 15 is 0 Å². The monoisotopic (exact) mass is 249 g/mol. The predicted octanol–water partition coefficient (Wildman–Crippen LogP) is 4.42. The maximum Gasteiger partial charge on any atom is 0.126 e. The molecule has 1 aromatic rings. The highest BCUT2D eigenvalue weighted by Crippen LogP contribution is 2.25. The first-order valence-corrected chi connectivity index (χ1v) is 6.99. The third kappa shape index (κ3) is 4.99. The van der Waals surface area contributed by atoms with Crippen molar-refractivity contribution in [3.63, 3.8) is 0 Å². The average Bonchev–Trinajstić information content (AvgIpc) is 2.40. The second-order valence-corrected chi connectivity index (χ2v) is 4.42. The van der Waals surface area contributed by atoms with E-state index in [0.717, 1.165) is 62.4 Å². The zero-order valence-corrected chi connectivity index (χ0v) is 11.7. The van der Waals surface area contributed by atoms with Crippen LogP contribution in [0.5, 0.6) is 11.5 Å². The van der Waals surface area contributed by atoms with Crippen LogP contribution >= 0.6 is 0 Å². The summed E-state index contributed by atoms with van der Waals surface area (Å²) in [4.78, 5) is 0. The fourth-order valence-electron chi connectivity index (χ4n) is 1.63. The van der Waals surface area contributed by atoms with Gasteiger partial charge in [0.2, 0.25) is 0 Å². The summed E-state index contributed by atoms with van der Waals surface area (Å²) in [6, 6.07) is 6.05. The predicted molar refractivity (Wildman–Crippen MR) is 76.3 cm³/mol. The van der Waals surface area contributed by atoms with Crippen LogP contribution < -0.4 is 9.47 Å². The average molecular weight is 249 g/mol. The summed E-state index contributed by atoms with van der Waals surface area (Å²) >= 11 is 0. The lowest BCUT2D eigenvalue weighted by atomic mass is 10.1. The zero-order valence-electron chi connectivity index (χ0n) is 11.7. The van der Waals surface area contributed by atoms with E-state index in [1.54, 1.807) is 0 Å². The Kier molecular flexibility index (Phi) is 7.31. The maximum absolute atomic E-state index is 5.80. The molecule has 0 saturated carbocycles. The molecule has 18 heavy (non-hydrogen) atoms. The fraction of sp³-hybridized carbons (Fsp3) is 0.562. The highest BCUT2D eigenvalue weighted by atomic mass is 16.5. The molecule has 0 aliphatic carbocycles. The molecule has 1 rings (SSSR count). The van der Waals surface area contributed by atoms with Gasteiger partial charge in [-0.25, -0.2) is 0 Å². The summed E-state index contributed by atoms with van der Waals surface area (Å²) in [5, 5.41) is 0. The molecule has 0 atom stereocenters. The lowest BCUT2D eigenvalue weighted by molar-refractivity contribution is 0.292. The Morgan fingerprint density at radius 3 is 2.28 bits per heavy atom. The Bertz CT molecular complexity index is 334. The van der Waals surface area contributed by atoms with Gasteiger partial charge in [0.15, 0.2) is 0 Å². The smallest absolute Gasteiger partial charge is 0.126 e. The molecule has 0 bridgehead atoms. The molecule has 0 aliphatic heterocycles. The standard InChI is InChI=1S/C16H25O2/c1-4-7-11-17-15-10-9-14(6-3)16(13-15)18-12-8-5-2/h9-10,13H,3-8,11-12H2,1-2H3. The molecule has 0 N–H and O–H groups in total.